The SMILES string of the molecule is CC(C)C[C@H](N)C(=O)N(CC#N)[C@@H](c1ccc(-c2ccc(Br)cc2)cc1)C(F)(F)F. The van der Waals surface area contributed by atoms with Crippen LogP contribution in [0.25, 0.3) is 11.1 Å². The van der Waals surface area contributed by atoms with Gasteiger partial charge in [-0.15, -0.1) is 0 Å². The minimum Gasteiger partial charge on any atom is -0.320 e. The molecule has 0 heterocycles. The molecule has 2 aromatic rings. The molecule has 30 heavy (non-hydrogen) atoms. The molecule has 0 aliphatic heterocycles. The molecule has 160 valence electrons. The van der Waals surface area contributed by atoms with Crippen molar-refractivity contribution in [2.75, 3.05) is 6.54 Å². The monoisotopic (exact) mass is 481 g/mol. The van der Waals surface area contributed by atoms with E-state index in [0.717, 1.165) is 15.6 Å². The van der Waals surface area contributed by atoms with Gasteiger partial charge in [0.2, 0.25) is 5.91 Å². The van der Waals surface area contributed by atoms with Crippen molar-refractivity contribution < 1.29 is 18.0 Å². The predicted molar refractivity (Wildman–Crippen MR) is 113 cm³/mol. The summed E-state index contributed by atoms with van der Waals surface area (Å²) in [5.41, 5.74) is 7.31. The van der Waals surface area contributed by atoms with Gasteiger partial charge in [-0.3, -0.25) is 4.79 Å². The van der Waals surface area contributed by atoms with E-state index < -0.39 is 30.7 Å². The molecule has 0 aliphatic rings. The van der Waals surface area contributed by atoms with E-state index in [9.17, 15) is 18.0 Å². The quantitative estimate of drug-likeness (QED) is 0.534. The summed E-state index contributed by atoms with van der Waals surface area (Å²) in [5.74, 6) is -0.855. The Labute approximate surface area is 182 Å². The standard InChI is InChI=1S/C22H23BrF3N3O/c1-14(2)13-19(28)21(30)29(12-11-27)20(22(24,25)26)17-5-3-15(4-6-17)16-7-9-18(23)10-8-16/h3-10,14,19-20H,12-13,28H2,1-2H3/t19-,20-/m0/s1. The zero-order valence-corrected chi connectivity index (χ0v) is 18.2. The van der Waals surface area contributed by atoms with Crippen LogP contribution in [0.2, 0.25) is 0 Å². The van der Waals surface area contributed by atoms with Gasteiger partial charge >= 0.3 is 6.18 Å². The molecule has 8 heteroatoms. The summed E-state index contributed by atoms with van der Waals surface area (Å²) in [7, 11) is 0. The molecule has 0 bridgehead atoms. The molecule has 0 saturated heterocycles. The first kappa shape index (κ1) is 23.9. The van der Waals surface area contributed by atoms with Gasteiger partial charge < -0.3 is 10.6 Å². The van der Waals surface area contributed by atoms with Crippen LogP contribution in [0.4, 0.5) is 13.2 Å². The second kappa shape index (κ2) is 10.1. The summed E-state index contributed by atoms with van der Waals surface area (Å²) >= 11 is 3.34. The lowest BCUT2D eigenvalue weighted by atomic mass is 9.98. The Morgan fingerprint density at radius 2 is 1.60 bits per heavy atom. The maximum atomic E-state index is 14.0. The van der Waals surface area contributed by atoms with Crippen LogP contribution in [0.1, 0.15) is 31.9 Å². The Morgan fingerprint density at radius 1 is 1.10 bits per heavy atom. The number of nitrogens with two attached hydrogens (primary N) is 1. The zero-order chi connectivity index (χ0) is 22.5. The average Bonchev–Trinajstić information content (AvgIpc) is 2.66. The minimum atomic E-state index is -4.76. The van der Waals surface area contributed by atoms with E-state index in [-0.39, 0.29) is 17.9 Å². The van der Waals surface area contributed by atoms with Crippen molar-refractivity contribution in [3.05, 3.63) is 58.6 Å². The molecule has 1 amide bonds. The summed E-state index contributed by atoms with van der Waals surface area (Å²) < 4.78 is 42.8. The highest BCUT2D eigenvalue weighted by molar-refractivity contribution is 9.10. The van der Waals surface area contributed by atoms with Crippen LogP contribution in [-0.4, -0.2) is 29.6 Å². The Bertz CT molecular complexity index is 890. The number of carbonyl (C=O) groups excluding carboxylic acids is 1. The van der Waals surface area contributed by atoms with Crippen LogP contribution < -0.4 is 5.73 Å². The summed E-state index contributed by atoms with van der Waals surface area (Å²) in [6, 6.07) is 11.5. The molecule has 0 radical (unpaired) electrons. The summed E-state index contributed by atoms with van der Waals surface area (Å²) in [6.45, 7) is 2.94. The van der Waals surface area contributed by atoms with E-state index in [4.69, 9.17) is 11.0 Å². The zero-order valence-electron chi connectivity index (χ0n) is 16.7. The van der Waals surface area contributed by atoms with Crippen molar-refractivity contribution in [2.24, 2.45) is 11.7 Å². The van der Waals surface area contributed by atoms with Crippen molar-refractivity contribution in [1.29, 1.82) is 5.26 Å². The minimum absolute atomic E-state index is 0.0300. The fraction of sp³-hybridized carbons (Fsp3) is 0.364. The summed E-state index contributed by atoms with van der Waals surface area (Å²) in [4.78, 5) is 13.2. The highest BCUT2D eigenvalue weighted by Gasteiger charge is 2.47. The molecule has 0 spiro atoms. The Kier molecular flexibility index (Phi) is 8.04. The number of rotatable bonds is 7. The first-order valence-electron chi connectivity index (χ1n) is 9.40. The Morgan fingerprint density at radius 3 is 2.03 bits per heavy atom. The number of hydrogen-bond acceptors (Lipinski definition) is 3. The van der Waals surface area contributed by atoms with Crippen molar-refractivity contribution in [1.82, 2.24) is 4.90 Å². The summed E-state index contributed by atoms with van der Waals surface area (Å²) in [5, 5.41) is 9.07. The van der Waals surface area contributed by atoms with Gasteiger partial charge in [0.25, 0.3) is 0 Å². The van der Waals surface area contributed by atoms with Crippen molar-refractivity contribution in [3.63, 3.8) is 0 Å². The molecule has 2 aromatic carbocycles. The van der Waals surface area contributed by atoms with E-state index in [1.54, 1.807) is 18.2 Å². The highest BCUT2D eigenvalue weighted by atomic mass is 79.9. The predicted octanol–water partition coefficient (Wildman–Crippen LogP) is 5.45. The van der Waals surface area contributed by atoms with E-state index in [0.29, 0.717) is 4.90 Å². The van der Waals surface area contributed by atoms with Crippen LogP contribution in [-0.2, 0) is 4.79 Å². The van der Waals surface area contributed by atoms with E-state index >= 15 is 0 Å². The van der Waals surface area contributed by atoms with E-state index in [2.05, 4.69) is 15.9 Å². The Balaban J connectivity index is 2.41. The van der Waals surface area contributed by atoms with Crippen LogP contribution in [0.15, 0.2) is 53.0 Å². The first-order valence-corrected chi connectivity index (χ1v) is 10.2. The molecule has 2 N–H and O–H groups in total. The summed E-state index contributed by atoms with van der Waals surface area (Å²) in [6.07, 6.45) is -4.53. The van der Waals surface area contributed by atoms with Gasteiger partial charge in [0.15, 0.2) is 6.04 Å². The fourth-order valence-corrected chi connectivity index (χ4v) is 3.50. The molecule has 2 rings (SSSR count). The molecule has 0 aliphatic carbocycles. The topological polar surface area (TPSA) is 70.1 Å². The number of carbonyl (C=O) groups is 1. The third-order valence-corrected chi connectivity index (χ3v) is 5.12. The van der Waals surface area contributed by atoms with Gasteiger partial charge in [-0.1, -0.05) is 66.2 Å². The van der Waals surface area contributed by atoms with Crippen molar-refractivity contribution in [2.45, 2.75) is 38.5 Å². The maximum Gasteiger partial charge on any atom is 0.413 e. The van der Waals surface area contributed by atoms with Crippen LogP contribution in [0.5, 0.6) is 0 Å². The molecule has 0 saturated carbocycles. The molecule has 0 aromatic heterocycles. The van der Waals surface area contributed by atoms with Gasteiger partial charge in [-0.05, 0) is 41.2 Å². The van der Waals surface area contributed by atoms with E-state index in [1.807, 2.05) is 38.1 Å². The molecule has 0 fully saturated rings. The maximum absolute atomic E-state index is 14.0. The first-order chi connectivity index (χ1) is 14.0. The third-order valence-electron chi connectivity index (χ3n) is 4.59. The number of amides is 1. The molecular weight excluding hydrogens is 459 g/mol. The van der Waals surface area contributed by atoms with E-state index in [1.165, 1.54) is 12.1 Å². The molecule has 4 nitrogen and oxygen atoms in total. The van der Waals surface area contributed by atoms with Crippen molar-refractivity contribution >= 4 is 21.8 Å². The lowest BCUT2D eigenvalue weighted by Gasteiger charge is -2.33. The second-order valence-electron chi connectivity index (χ2n) is 7.43. The smallest absolute Gasteiger partial charge is 0.320 e. The number of halogens is 4. The largest absolute Gasteiger partial charge is 0.413 e. The van der Waals surface area contributed by atoms with Gasteiger partial charge in [0, 0.05) is 4.47 Å². The number of alkyl halides is 3. The Hall–Kier alpha value is -2.37. The lowest BCUT2D eigenvalue weighted by Crippen LogP contribution is -2.49. The number of benzene rings is 2. The molecule has 2 atom stereocenters. The second-order valence-corrected chi connectivity index (χ2v) is 8.35. The van der Waals surface area contributed by atoms with Crippen LogP contribution in [0, 0.1) is 17.2 Å². The van der Waals surface area contributed by atoms with Crippen LogP contribution in [0.3, 0.4) is 0 Å². The number of nitriles is 1. The van der Waals surface area contributed by atoms with Gasteiger partial charge in [-0.2, -0.15) is 18.4 Å². The number of nitrogens with zero attached hydrogens (tertiary/aromatic N) is 2. The third kappa shape index (κ3) is 6.07. The fourth-order valence-electron chi connectivity index (χ4n) is 3.24. The molecular formula is C22H23BrF3N3O. The lowest BCUT2D eigenvalue weighted by molar-refractivity contribution is -0.191. The van der Waals surface area contributed by atoms with Crippen LogP contribution >= 0.6 is 15.9 Å². The normalized spacial score (nSPS) is 13.6. The van der Waals surface area contributed by atoms with Gasteiger partial charge in [-0.25, -0.2) is 0 Å². The number of hydrogen-bond donors (Lipinski definition) is 1. The van der Waals surface area contributed by atoms with Crippen molar-refractivity contribution in [3.8, 4) is 17.2 Å². The molecule has 0 unspecified atom stereocenters. The van der Waals surface area contributed by atoms with Gasteiger partial charge in [0.1, 0.15) is 6.54 Å². The highest BCUT2D eigenvalue weighted by Crippen LogP contribution is 2.39. The average molecular weight is 482 g/mol. The van der Waals surface area contributed by atoms with Gasteiger partial charge in [0.05, 0.1) is 12.1 Å².